The van der Waals surface area contributed by atoms with Crippen LogP contribution in [0.2, 0.25) is 0 Å². The predicted molar refractivity (Wildman–Crippen MR) is 53.4 cm³/mol. The Morgan fingerprint density at radius 1 is 1.31 bits per heavy atom. The second-order valence-corrected chi connectivity index (χ2v) is 4.40. The number of rotatable bonds is 4. The van der Waals surface area contributed by atoms with Crippen LogP contribution in [0.3, 0.4) is 0 Å². The summed E-state index contributed by atoms with van der Waals surface area (Å²) in [7, 11) is 1.79. The van der Waals surface area contributed by atoms with Gasteiger partial charge in [-0.15, -0.1) is 0 Å². The van der Waals surface area contributed by atoms with Gasteiger partial charge in [-0.2, -0.15) is 5.26 Å². The van der Waals surface area contributed by atoms with E-state index in [0.717, 1.165) is 0 Å². The molecule has 0 aromatic carbocycles. The highest BCUT2D eigenvalue weighted by atomic mass is 16.5. The van der Waals surface area contributed by atoms with Gasteiger partial charge in [-0.1, -0.05) is 0 Å². The van der Waals surface area contributed by atoms with Gasteiger partial charge in [-0.3, -0.25) is 0 Å². The minimum Gasteiger partial charge on any atom is -0.376 e. The number of ether oxygens (including phenoxy) is 1. The molecule has 3 heteroatoms. The summed E-state index contributed by atoms with van der Waals surface area (Å²) in [6.45, 7) is 8.51. The van der Waals surface area contributed by atoms with Crippen LogP contribution in [0.1, 0.15) is 34.1 Å². The third kappa shape index (κ3) is 5.62. The SMILES string of the molecule is CNC(C)(C#N)CCOC(C)(C)C. The van der Waals surface area contributed by atoms with Crippen molar-refractivity contribution in [1.29, 1.82) is 5.26 Å². The molecule has 0 radical (unpaired) electrons. The zero-order valence-electron chi connectivity index (χ0n) is 9.27. The van der Waals surface area contributed by atoms with Gasteiger partial charge in [-0.25, -0.2) is 0 Å². The zero-order chi connectivity index (χ0) is 10.5. The summed E-state index contributed by atoms with van der Waals surface area (Å²) in [4.78, 5) is 0. The Kier molecular flexibility index (Phi) is 4.38. The van der Waals surface area contributed by atoms with Crippen molar-refractivity contribution < 1.29 is 4.74 Å². The molecular weight excluding hydrogens is 164 g/mol. The van der Waals surface area contributed by atoms with Crippen LogP contribution >= 0.6 is 0 Å². The molecule has 0 heterocycles. The molecule has 13 heavy (non-hydrogen) atoms. The lowest BCUT2D eigenvalue weighted by Gasteiger charge is -2.24. The Balaban J connectivity index is 3.83. The first-order valence-electron chi connectivity index (χ1n) is 4.57. The average molecular weight is 184 g/mol. The van der Waals surface area contributed by atoms with Crippen molar-refractivity contribution in [1.82, 2.24) is 5.32 Å². The first kappa shape index (κ1) is 12.4. The van der Waals surface area contributed by atoms with Crippen molar-refractivity contribution >= 4 is 0 Å². The largest absolute Gasteiger partial charge is 0.376 e. The van der Waals surface area contributed by atoms with E-state index in [2.05, 4.69) is 11.4 Å². The fourth-order valence-corrected chi connectivity index (χ4v) is 0.798. The van der Waals surface area contributed by atoms with E-state index in [0.29, 0.717) is 13.0 Å². The van der Waals surface area contributed by atoms with E-state index in [4.69, 9.17) is 10.00 Å². The van der Waals surface area contributed by atoms with Crippen molar-refractivity contribution in [2.45, 2.75) is 45.3 Å². The third-order valence-corrected chi connectivity index (χ3v) is 1.94. The maximum Gasteiger partial charge on any atom is 0.105 e. The van der Waals surface area contributed by atoms with Crippen LogP contribution in [0.15, 0.2) is 0 Å². The van der Waals surface area contributed by atoms with Crippen LogP contribution in [-0.4, -0.2) is 24.8 Å². The molecule has 0 fully saturated rings. The van der Waals surface area contributed by atoms with Crippen LogP contribution in [-0.2, 0) is 4.74 Å². The molecule has 0 bridgehead atoms. The van der Waals surface area contributed by atoms with Gasteiger partial charge in [0.15, 0.2) is 0 Å². The van der Waals surface area contributed by atoms with Crippen LogP contribution in [0.4, 0.5) is 0 Å². The molecule has 0 aromatic rings. The molecular formula is C10H20N2O. The average Bonchev–Trinajstić information content (AvgIpc) is 2.02. The van der Waals surface area contributed by atoms with E-state index >= 15 is 0 Å². The van der Waals surface area contributed by atoms with Gasteiger partial charge >= 0.3 is 0 Å². The second-order valence-electron chi connectivity index (χ2n) is 4.40. The van der Waals surface area contributed by atoms with Crippen molar-refractivity contribution in [2.75, 3.05) is 13.7 Å². The zero-order valence-corrected chi connectivity index (χ0v) is 9.27. The van der Waals surface area contributed by atoms with E-state index in [1.165, 1.54) is 0 Å². The van der Waals surface area contributed by atoms with Crippen LogP contribution in [0, 0.1) is 11.3 Å². The Morgan fingerprint density at radius 3 is 2.15 bits per heavy atom. The minimum atomic E-state index is -0.467. The summed E-state index contributed by atoms with van der Waals surface area (Å²) in [5.41, 5.74) is -0.588. The number of nitrogens with one attached hydrogen (secondary N) is 1. The van der Waals surface area contributed by atoms with E-state index in [1.54, 1.807) is 7.05 Å². The van der Waals surface area contributed by atoms with Gasteiger partial charge in [0.25, 0.3) is 0 Å². The maximum atomic E-state index is 8.85. The fraction of sp³-hybridized carbons (Fsp3) is 0.900. The highest BCUT2D eigenvalue weighted by Gasteiger charge is 2.21. The fourth-order valence-electron chi connectivity index (χ4n) is 0.798. The Bertz CT molecular complexity index is 190. The normalized spacial score (nSPS) is 16.3. The van der Waals surface area contributed by atoms with Crippen molar-refractivity contribution in [3.05, 3.63) is 0 Å². The molecule has 1 atom stereocenters. The molecule has 0 saturated heterocycles. The first-order valence-corrected chi connectivity index (χ1v) is 4.57. The van der Waals surface area contributed by atoms with E-state index < -0.39 is 5.54 Å². The summed E-state index contributed by atoms with van der Waals surface area (Å²) >= 11 is 0. The van der Waals surface area contributed by atoms with E-state index in [9.17, 15) is 0 Å². The highest BCUT2D eigenvalue weighted by molar-refractivity contribution is 5.02. The third-order valence-electron chi connectivity index (χ3n) is 1.94. The van der Waals surface area contributed by atoms with Gasteiger partial charge in [0.1, 0.15) is 5.54 Å². The van der Waals surface area contributed by atoms with Crippen molar-refractivity contribution in [3.8, 4) is 6.07 Å². The molecule has 0 aliphatic heterocycles. The van der Waals surface area contributed by atoms with Gasteiger partial charge < -0.3 is 10.1 Å². The lowest BCUT2D eigenvalue weighted by molar-refractivity contribution is -0.00918. The summed E-state index contributed by atoms with van der Waals surface area (Å²) in [6.07, 6.45) is 0.706. The van der Waals surface area contributed by atoms with Crippen molar-refractivity contribution in [3.63, 3.8) is 0 Å². The second kappa shape index (κ2) is 4.59. The van der Waals surface area contributed by atoms with Gasteiger partial charge in [0, 0.05) is 6.42 Å². The van der Waals surface area contributed by atoms with E-state index in [1.807, 2.05) is 27.7 Å². The molecule has 0 aliphatic carbocycles. The van der Waals surface area contributed by atoms with Gasteiger partial charge in [0.2, 0.25) is 0 Å². The monoisotopic (exact) mass is 184 g/mol. The Morgan fingerprint density at radius 2 is 1.85 bits per heavy atom. The standard InChI is InChI=1S/C10H20N2O/c1-9(2,3)13-7-6-10(4,8-11)12-5/h12H,6-7H2,1-5H3. The topological polar surface area (TPSA) is 45.0 Å². The lowest BCUT2D eigenvalue weighted by Crippen LogP contribution is -2.39. The van der Waals surface area contributed by atoms with Gasteiger partial charge in [0.05, 0.1) is 18.3 Å². The molecule has 0 amide bonds. The smallest absolute Gasteiger partial charge is 0.105 e. The predicted octanol–water partition coefficient (Wildman–Crippen LogP) is 1.69. The van der Waals surface area contributed by atoms with Crippen LogP contribution in [0.5, 0.6) is 0 Å². The number of nitrogens with zero attached hydrogens (tertiary/aromatic N) is 1. The molecule has 0 aromatic heterocycles. The molecule has 0 spiro atoms. The molecule has 3 nitrogen and oxygen atoms in total. The molecule has 0 aliphatic rings. The summed E-state index contributed by atoms with van der Waals surface area (Å²) in [5.74, 6) is 0. The molecule has 1 unspecified atom stereocenters. The summed E-state index contributed by atoms with van der Waals surface area (Å²) < 4.78 is 5.54. The summed E-state index contributed by atoms with van der Waals surface area (Å²) in [5, 5.41) is 11.8. The Labute approximate surface area is 81.1 Å². The summed E-state index contributed by atoms with van der Waals surface area (Å²) in [6, 6.07) is 2.22. The molecule has 76 valence electrons. The van der Waals surface area contributed by atoms with Crippen molar-refractivity contribution in [2.24, 2.45) is 0 Å². The van der Waals surface area contributed by atoms with E-state index in [-0.39, 0.29) is 5.60 Å². The molecule has 0 saturated carbocycles. The maximum absolute atomic E-state index is 8.85. The minimum absolute atomic E-state index is 0.121. The Hall–Kier alpha value is -0.590. The molecule has 0 rings (SSSR count). The first-order chi connectivity index (χ1) is 5.83. The van der Waals surface area contributed by atoms with Crippen LogP contribution in [0.25, 0.3) is 0 Å². The number of hydrogen-bond donors (Lipinski definition) is 1. The highest BCUT2D eigenvalue weighted by Crippen LogP contribution is 2.12. The number of hydrogen-bond acceptors (Lipinski definition) is 3. The lowest BCUT2D eigenvalue weighted by atomic mass is 10.0. The quantitative estimate of drug-likeness (QED) is 0.723. The number of nitriles is 1. The van der Waals surface area contributed by atoms with Gasteiger partial charge in [-0.05, 0) is 34.7 Å². The van der Waals surface area contributed by atoms with Crippen LogP contribution < -0.4 is 5.32 Å². The molecule has 1 N–H and O–H groups in total.